The van der Waals surface area contributed by atoms with E-state index in [1.165, 1.54) is 44.1 Å². The summed E-state index contributed by atoms with van der Waals surface area (Å²) in [6.45, 7) is 6.97. The van der Waals surface area contributed by atoms with Gasteiger partial charge in [0.15, 0.2) is 0 Å². The first-order valence-corrected chi connectivity index (χ1v) is 10.5. The molecule has 0 bridgehead atoms. The normalized spacial score (nSPS) is 13.0. The zero-order valence-electron chi connectivity index (χ0n) is 16.9. The third kappa shape index (κ3) is 15.1. The molecule has 1 aromatic carbocycles. The maximum Gasteiger partial charge on any atom is 0.0540 e. The molecule has 0 saturated carbocycles. The molecule has 0 aliphatic rings. The van der Waals surface area contributed by atoms with Crippen LogP contribution >= 0.6 is 0 Å². The first-order valence-electron chi connectivity index (χ1n) is 10.5. The molecule has 0 amide bonds. The van der Waals surface area contributed by atoms with Crippen LogP contribution in [0, 0.1) is 0 Å². The Hall–Kier alpha value is -0.860. The van der Waals surface area contributed by atoms with E-state index in [4.69, 9.17) is 5.11 Å². The van der Waals surface area contributed by atoms with Gasteiger partial charge >= 0.3 is 0 Å². The highest BCUT2D eigenvalue weighted by Gasteiger charge is 2.07. The monoisotopic (exact) mass is 350 g/mol. The third-order valence-corrected chi connectivity index (χ3v) is 4.68. The molecule has 2 unspecified atom stereocenters. The molecule has 2 N–H and O–H groups in total. The molecule has 0 fully saturated rings. The molecule has 1 rings (SSSR count). The molecule has 2 heteroatoms. The quantitative estimate of drug-likeness (QED) is 0.401. The van der Waals surface area contributed by atoms with Gasteiger partial charge in [-0.25, -0.2) is 0 Å². The van der Waals surface area contributed by atoms with Crippen molar-refractivity contribution in [1.29, 1.82) is 0 Å². The van der Waals surface area contributed by atoms with Crippen LogP contribution in [0.15, 0.2) is 30.3 Å². The topological polar surface area (TPSA) is 40.5 Å². The van der Waals surface area contributed by atoms with Gasteiger partial charge in [-0.1, -0.05) is 96.0 Å². The van der Waals surface area contributed by atoms with Crippen LogP contribution in [0.25, 0.3) is 0 Å². The summed E-state index contributed by atoms with van der Waals surface area (Å²) in [4.78, 5) is 0. The maximum atomic E-state index is 9.63. The lowest BCUT2D eigenvalue weighted by Crippen LogP contribution is -2.06. The van der Waals surface area contributed by atoms with Crippen molar-refractivity contribution in [2.75, 3.05) is 6.61 Å². The molecule has 2 nitrogen and oxygen atoms in total. The molecule has 0 aliphatic heterocycles. The van der Waals surface area contributed by atoms with E-state index in [0.717, 1.165) is 32.1 Å². The van der Waals surface area contributed by atoms with E-state index in [1.807, 2.05) is 0 Å². The summed E-state index contributed by atoms with van der Waals surface area (Å²) in [7, 11) is 0. The number of rotatable bonds is 13. The van der Waals surface area contributed by atoms with E-state index >= 15 is 0 Å². The fourth-order valence-corrected chi connectivity index (χ4v) is 2.98. The SMILES string of the molecule is CCCC(O)CCCC(C)c1ccccc1.CCCCCCCCO. The van der Waals surface area contributed by atoms with Gasteiger partial charge in [-0.3, -0.25) is 0 Å². The van der Waals surface area contributed by atoms with Crippen molar-refractivity contribution in [3.05, 3.63) is 35.9 Å². The van der Waals surface area contributed by atoms with Gasteiger partial charge in [0.2, 0.25) is 0 Å². The molecule has 146 valence electrons. The van der Waals surface area contributed by atoms with Gasteiger partial charge in [-0.15, -0.1) is 0 Å². The lowest BCUT2D eigenvalue weighted by molar-refractivity contribution is 0.149. The molecule has 25 heavy (non-hydrogen) atoms. The number of hydrogen-bond donors (Lipinski definition) is 2. The molecular weight excluding hydrogens is 308 g/mol. The van der Waals surface area contributed by atoms with Gasteiger partial charge in [0.05, 0.1) is 6.10 Å². The van der Waals surface area contributed by atoms with Crippen molar-refractivity contribution < 1.29 is 10.2 Å². The van der Waals surface area contributed by atoms with Crippen molar-refractivity contribution >= 4 is 0 Å². The molecule has 0 aliphatic carbocycles. The molecule has 0 radical (unpaired) electrons. The lowest BCUT2D eigenvalue weighted by Gasteiger charge is -2.13. The first kappa shape index (κ1) is 24.1. The van der Waals surface area contributed by atoms with Crippen molar-refractivity contribution in [3.63, 3.8) is 0 Å². The summed E-state index contributed by atoms with van der Waals surface area (Å²) in [6, 6.07) is 10.6. The Morgan fingerprint density at radius 3 is 2.00 bits per heavy atom. The lowest BCUT2D eigenvalue weighted by atomic mass is 9.94. The average Bonchev–Trinajstić information content (AvgIpc) is 2.63. The summed E-state index contributed by atoms with van der Waals surface area (Å²) in [6.07, 6.45) is 12.7. The van der Waals surface area contributed by atoms with Crippen LogP contribution in [0.1, 0.15) is 103 Å². The molecule has 2 atom stereocenters. The number of aliphatic hydroxyl groups is 2. The molecule has 0 saturated heterocycles. The second-order valence-electron chi connectivity index (χ2n) is 7.18. The van der Waals surface area contributed by atoms with Crippen molar-refractivity contribution in [3.8, 4) is 0 Å². The van der Waals surface area contributed by atoms with Gasteiger partial charge in [0.1, 0.15) is 0 Å². The predicted molar refractivity (Wildman–Crippen MR) is 110 cm³/mol. The highest BCUT2D eigenvalue weighted by atomic mass is 16.3. The second-order valence-corrected chi connectivity index (χ2v) is 7.18. The molecule has 0 heterocycles. The number of benzene rings is 1. The van der Waals surface area contributed by atoms with Gasteiger partial charge < -0.3 is 10.2 Å². The molecule has 0 aromatic heterocycles. The Balaban J connectivity index is 0.000000547. The molecule has 1 aromatic rings. The van der Waals surface area contributed by atoms with Crippen LogP contribution in [0.2, 0.25) is 0 Å². The summed E-state index contributed by atoms with van der Waals surface area (Å²) in [5, 5.41) is 18.1. The van der Waals surface area contributed by atoms with E-state index in [9.17, 15) is 5.11 Å². The summed E-state index contributed by atoms with van der Waals surface area (Å²) < 4.78 is 0. The fourth-order valence-electron chi connectivity index (χ4n) is 2.98. The van der Waals surface area contributed by atoms with Crippen LogP contribution in [0.4, 0.5) is 0 Å². The minimum atomic E-state index is -0.0898. The number of aliphatic hydroxyl groups excluding tert-OH is 2. The van der Waals surface area contributed by atoms with E-state index in [2.05, 4.69) is 51.1 Å². The summed E-state index contributed by atoms with van der Waals surface area (Å²) >= 11 is 0. The first-order chi connectivity index (χ1) is 12.2. The van der Waals surface area contributed by atoms with E-state index in [1.54, 1.807) is 0 Å². The number of unbranched alkanes of at least 4 members (excludes halogenated alkanes) is 5. The Kier molecular flexibility index (Phi) is 17.3. The Morgan fingerprint density at radius 2 is 1.40 bits per heavy atom. The third-order valence-electron chi connectivity index (χ3n) is 4.68. The summed E-state index contributed by atoms with van der Waals surface area (Å²) in [5.74, 6) is 0.607. The smallest absolute Gasteiger partial charge is 0.0540 e. The van der Waals surface area contributed by atoms with Crippen molar-refractivity contribution in [2.45, 2.75) is 103 Å². The van der Waals surface area contributed by atoms with Gasteiger partial charge in [0.25, 0.3) is 0 Å². The largest absolute Gasteiger partial charge is 0.396 e. The Morgan fingerprint density at radius 1 is 0.760 bits per heavy atom. The van der Waals surface area contributed by atoms with Crippen molar-refractivity contribution in [1.82, 2.24) is 0 Å². The fraction of sp³-hybridized carbons (Fsp3) is 0.739. The average molecular weight is 351 g/mol. The van der Waals surface area contributed by atoms with Crippen LogP contribution in [0.5, 0.6) is 0 Å². The van der Waals surface area contributed by atoms with Crippen LogP contribution in [-0.2, 0) is 0 Å². The van der Waals surface area contributed by atoms with Crippen LogP contribution in [-0.4, -0.2) is 22.9 Å². The van der Waals surface area contributed by atoms with E-state index < -0.39 is 0 Å². The highest BCUT2D eigenvalue weighted by molar-refractivity contribution is 5.18. The minimum Gasteiger partial charge on any atom is -0.396 e. The molecule has 0 spiro atoms. The predicted octanol–water partition coefficient (Wildman–Crippen LogP) is 6.46. The zero-order valence-corrected chi connectivity index (χ0v) is 16.9. The maximum absolute atomic E-state index is 9.63. The summed E-state index contributed by atoms with van der Waals surface area (Å²) in [5.41, 5.74) is 1.41. The Bertz CT molecular complexity index is 358. The second kappa shape index (κ2) is 17.9. The Labute approximate surface area is 156 Å². The van der Waals surface area contributed by atoms with Gasteiger partial charge in [0, 0.05) is 6.61 Å². The van der Waals surface area contributed by atoms with Gasteiger partial charge in [-0.2, -0.15) is 0 Å². The highest BCUT2D eigenvalue weighted by Crippen LogP contribution is 2.21. The minimum absolute atomic E-state index is 0.0898. The molecular formula is C23H42O2. The number of hydrogen-bond acceptors (Lipinski definition) is 2. The van der Waals surface area contributed by atoms with Crippen LogP contribution in [0.3, 0.4) is 0 Å². The standard InChI is InChI=1S/C15H24O.C8H18O/c1-3-8-15(16)12-7-9-13(2)14-10-5-4-6-11-14;1-2-3-4-5-6-7-8-9/h4-6,10-11,13,15-16H,3,7-9,12H2,1-2H3;9H,2-8H2,1H3. The van der Waals surface area contributed by atoms with Crippen LogP contribution < -0.4 is 0 Å². The zero-order chi connectivity index (χ0) is 18.8. The van der Waals surface area contributed by atoms with Gasteiger partial charge in [-0.05, 0) is 37.2 Å². The van der Waals surface area contributed by atoms with Crippen molar-refractivity contribution in [2.24, 2.45) is 0 Å². The van der Waals surface area contributed by atoms with E-state index in [-0.39, 0.29) is 6.10 Å². The van der Waals surface area contributed by atoms with E-state index in [0.29, 0.717) is 12.5 Å².